The number of alkyl halides is 3. The van der Waals surface area contributed by atoms with Crippen LogP contribution >= 0.6 is 0 Å². The highest BCUT2D eigenvalue weighted by Crippen LogP contribution is 2.24. The van der Waals surface area contributed by atoms with Crippen molar-refractivity contribution in [1.82, 2.24) is 19.6 Å². The van der Waals surface area contributed by atoms with Crippen LogP contribution in [0.1, 0.15) is 24.6 Å². The largest absolute Gasteiger partial charge is 0.389 e. The highest BCUT2D eigenvalue weighted by Gasteiger charge is 2.26. The van der Waals surface area contributed by atoms with Gasteiger partial charge in [0.15, 0.2) is 0 Å². The van der Waals surface area contributed by atoms with E-state index >= 15 is 0 Å². The van der Waals surface area contributed by atoms with E-state index < -0.39 is 12.6 Å². The van der Waals surface area contributed by atoms with E-state index in [2.05, 4.69) is 20.4 Å². The van der Waals surface area contributed by atoms with Crippen molar-refractivity contribution < 1.29 is 13.2 Å². The Balaban J connectivity index is 1.85. The minimum Gasteiger partial charge on any atom is -0.340 e. The molecule has 3 rings (SSSR count). The number of aryl methyl sites for hydroxylation is 2. The molecule has 0 saturated heterocycles. The molecule has 0 bridgehead atoms. The fraction of sp³-hybridized carbons (Fsp3) is 0.312. The Morgan fingerprint density at radius 3 is 2.79 bits per heavy atom. The summed E-state index contributed by atoms with van der Waals surface area (Å²) in [6.07, 6.45) is -2.89. The Bertz CT molecular complexity index is 841. The predicted molar refractivity (Wildman–Crippen MR) is 84.3 cm³/mol. The van der Waals surface area contributed by atoms with Crippen LogP contribution in [-0.2, 0) is 12.8 Å². The van der Waals surface area contributed by atoms with Crippen molar-refractivity contribution in [3.63, 3.8) is 0 Å². The summed E-state index contributed by atoms with van der Waals surface area (Å²) in [5.74, 6) is 1.15. The van der Waals surface area contributed by atoms with Crippen LogP contribution in [-0.4, -0.2) is 25.8 Å². The second kappa shape index (κ2) is 6.46. The van der Waals surface area contributed by atoms with Gasteiger partial charge in [0.2, 0.25) is 0 Å². The van der Waals surface area contributed by atoms with Gasteiger partial charge >= 0.3 is 6.18 Å². The van der Waals surface area contributed by atoms with Crippen LogP contribution in [0, 0.1) is 0 Å². The SMILES string of the molecule is CCc1cc(Nc2cccc(CCC(F)(F)F)c2)n2ncnc2n1. The normalized spacial score (nSPS) is 11.8. The van der Waals surface area contributed by atoms with E-state index in [4.69, 9.17) is 0 Å². The number of anilines is 2. The van der Waals surface area contributed by atoms with Crippen molar-refractivity contribution in [2.75, 3.05) is 5.32 Å². The summed E-state index contributed by atoms with van der Waals surface area (Å²) in [7, 11) is 0. The highest BCUT2D eigenvalue weighted by atomic mass is 19.4. The Hall–Kier alpha value is -2.64. The molecule has 0 fully saturated rings. The van der Waals surface area contributed by atoms with E-state index in [9.17, 15) is 13.2 Å². The topological polar surface area (TPSA) is 55.1 Å². The first-order valence-electron chi connectivity index (χ1n) is 7.57. The zero-order chi connectivity index (χ0) is 17.2. The number of hydrogen-bond donors (Lipinski definition) is 1. The zero-order valence-corrected chi connectivity index (χ0v) is 13.0. The molecule has 126 valence electrons. The third-order valence-corrected chi connectivity index (χ3v) is 3.56. The fourth-order valence-electron chi connectivity index (χ4n) is 2.37. The molecule has 5 nitrogen and oxygen atoms in total. The third-order valence-electron chi connectivity index (χ3n) is 3.56. The lowest BCUT2D eigenvalue weighted by Gasteiger charge is -2.11. The smallest absolute Gasteiger partial charge is 0.340 e. The quantitative estimate of drug-likeness (QED) is 0.768. The average molecular weight is 335 g/mol. The van der Waals surface area contributed by atoms with Crippen molar-refractivity contribution in [3.05, 3.63) is 47.9 Å². The summed E-state index contributed by atoms with van der Waals surface area (Å²) in [6, 6.07) is 8.77. The molecule has 3 aromatic rings. The molecular formula is C16H16F3N5. The standard InChI is InChI=1S/C16H16F3N5/c1-2-12-9-14(24-15(23-12)20-10-21-24)22-13-5-3-4-11(8-13)6-7-16(17,18)19/h3-5,8-10,22H,2,6-7H2,1H3. The van der Waals surface area contributed by atoms with Crippen LogP contribution in [0.5, 0.6) is 0 Å². The van der Waals surface area contributed by atoms with Crippen molar-refractivity contribution in [2.45, 2.75) is 32.4 Å². The minimum atomic E-state index is -4.16. The van der Waals surface area contributed by atoms with Gasteiger partial charge in [0.1, 0.15) is 12.1 Å². The predicted octanol–water partition coefficient (Wildman–Crippen LogP) is 3.93. The maximum absolute atomic E-state index is 12.4. The molecule has 2 heterocycles. The van der Waals surface area contributed by atoms with Crippen molar-refractivity contribution in [3.8, 4) is 0 Å². The van der Waals surface area contributed by atoms with E-state index in [1.807, 2.05) is 13.0 Å². The van der Waals surface area contributed by atoms with Crippen LogP contribution in [0.4, 0.5) is 24.7 Å². The number of nitrogens with one attached hydrogen (secondary N) is 1. The maximum Gasteiger partial charge on any atom is 0.389 e. The Morgan fingerprint density at radius 1 is 1.21 bits per heavy atom. The van der Waals surface area contributed by atoms with Gasteiger partial charge in [-0.25, -0.2) is 4.98 Å². The molecule has 0 atom stereocenters. The van der Waals surface area contributed by atoms with Crippen molar-refractivity contribution >= 4 is 17.3 Å². The van der Waals surface area contributed by atoms with E-state index in [0.29, 0.717) is 22.8 Å². The number of halogens is 3. The first kappa shape index (κ1) is 16.2. The van der Waals surface area contributed by atoms with Gasteiger partial charge in [-0.05, 0) is 30.5 Å². The molecule has 1 N–H and O–H groups in total. The molecule has 24 heavy (non-hydrogen) atoms. The minimum absolute atomic E-state index is 0.0473. The molecule has 1 aromatic carbocycles. The van der Waals surface area contributed by atoms with Crippen LogP contribution in [0.25, 0.3) is 5.78 Å². The molecule has 0 aliphatic rings. The second-order valence-electron chi connectivity index (χ2n) is 5.40. The number of hydrogen-bond acceptors (Lipinski definition) is 4. The van der Waals surface area contributed by atoms with Crippen LogP contribution in [0.2, 0.25) is 0 Å². The number of fused-ring (bicyclic) bond motifs is 1. The summed E-state index contributed by atoms with van der Waals surface area (Å²) in [4.78, 5) is 8.43. The molecule has 8 heteroatoms. The van der Waals surface area contributed by atoms with Gasteiger partial charge in [0.05, 0.1) is 0 Å². The van der Waals surface area contributed by atoms with E-state index in [1.54, 1.807) is 28.8 Å². The van der Waals surface area contributed by atoms with Crippen LogP contribution in [0.15, 0.2) is 36.7 Å². The van der Waals surface area contributed by atoms with Gasteiger partial charge in [-0.15, -0.1) is 0 Å². The van der Waals surface area contributed by atoms with E-state index in [0.717, 1.165) is 12.1 Å². The number of nitrogens with zero attached hydrogens (tertiary/aromatic N) is 4. The van der Waals surface area contributed by atoms with E-state index in [1.165, 1.54) is 6.33 Å². The second-order valence-corrected chi connectivity index (χ2v) is 5.40. The summed E-state index contributed by atoms with van der Waals surface area (Å²) in [6.45, 7) is 1.98. The van der Waals surface area contributed by atoms with Gasteiger partial charge < -0.3 is 5.32 Å². The number of aromatic nitrogens is 4. The molecule has 0 unspecified atom stereocenters. The summed E-state index contributed by atoms with van der Waals surface area (Å²) in [5.41, 5.74) is 2.17. The van der Waals surface area contributed by atoms with Crippen LogP contribution in [0.3, 0.4) is 0 Å². The average Bonchev–Trinajstić information content (AvgIpc) is 3.01. The summed E-state index contributed by atoms with van der Waals surface area (Å²) < 4.78 is 38.7. The molecule has 0 radical (unpaired) electrons. The van der Waals surface area contributed by atoms with Gasteiger partial charge in [-0.3, -0.25) is 0 Å². The van der Waals surface area contributed by atoms with Gasteiger partial charge in [-0.1, -0.05) is 19.1 Å². The molecule has 0 aliphatic heterocycles. The molecular weight excluding hydrogens is 319 g/mol. The van der Waals surface area contributed by atoms with Gasteiger partial charge in [-0.2, -0.15) is 27.8 Å². The maximum atomic E-state index is 12.4. The Labute approximate surface area is 136 Å². The van der Waals surface area contributed by atoms with Gasteiger partial charge in [0.25, 0.3) is 5.78 Å². The van der Waals surface area contributed by atoms with Crippen LogP contribution < -0.4 is 5.32 Å². The third kappa shape index (κ3) is 3.81. The molecule has 0 spiro atoms. The lowest BCUT2D eigenvalue weighted by atomic mass is 10.1. The Morgan fingerprint density at radius 2 is 2.04 bits per heavy atom. The highest BCUT2D eigenvalue weighted by molar-refractivity contribution is 5.59. The lowest BCUT2D eigenvalue weighted by molar-refractivity contribution is -0.133. The summed E-state index contributed by atoms with van der Waals surface area (Å²) in [5, 5.41) is 7.30. The fourth-order valence-corrected chi connectivity index (χ4v) is 2.37. The van der Waals surface area contributed by atoms with Crippen molar-refractivity contribution in [1.29, 1.82) is 0 Å². The van der Waals surface area contributed by atoms with Gasteiger partial charge in [0, 0.05) is 23.9 Å². The molecule has 0 saturated carbocycles. The molecule has 0 amide bonds. The number of benzene rings is 1. The first-order valence-corrected chi connectivity index (χ1v) is 7.57. The number of rotatable bonds is 5. The lowest BCUT2D eigenvalue weighted by Crippen LogP contribution is -2.08. The zero-order valence-electron chi connectivity index (χ0n) is 13.0. The monoisotopic (exact) mass is 335 g/mol. The summed E-state index contributed by atoms with van der Waals surface area (Å²) >= 11 is 0. The Kier molecular flexibility index (Phi) is 4.37. The molecule has 2 aromatic heterocycles. The molecule has 0 aliphatic carbocycles. The van der Waals surface area contributed by atoms with Crippen molar-refractivity contribution in [2.24, 2.45) is 0 Å². The van der Waals surface area contributed by atoms with E-state index in [-0.39, 0.29) is 6.42 Å². The first-order chi connectivity index (χ1) is 11.4.